The van der Waals surface area contributed by atoms with Crippen molar-refractivity contribution in [3.05, 3.63) is 66.0 Å². The van der Waals surface area contributed by atoms with Gasteiger partial charge in [0.2, 0.25) is 0 Å². The largest absolute Gasteiger partial charge is 0.324 e. The van der Waals surface area contributed by atoms with Gasteiger partial charge >= 0.3 is 0 Å². The fourth-order valence-corrected chi connectivity index (χ4v) is 2.19. The Hall–Kier alpha value is -1.71. The average molecular weight is 269 g/mol. The summed E-state index contributed by atoms with van der Waals surface area (Å²) < 4.78 is 0. The SMILES string of the molecule is CN(CCc1ccccn1)CCC(N)c1ccccc1. The predicted molar refractivity (Wildman–Crippen MR) is 83.4 cm³/mol. The zero-order chi connectivity index (χ0) is 14.2. The molecule has 0 aliphatic heterocycles. The first-order valence-corrected chi connectivity index (χ1v) is 7.14. The normalized spacial score (nSPS) is 12.6. The molecule has 0 radical (unpaired) electrons. The minimum atomic E-state index is 0.119. The molecule has 3 nitrogen and oxygen atoms in total. The maximum absolute atomic E-state index is 6.21. The number of aromatic nitrogens is 1. The van der Waals surface area contributed by atoms with E-state index >= 15 is 0 Å². The number of nitrogens with zero attached hydrogens (tertiary/aromatic N) is 2. The van der Waals surface area contributed by atoms with Crippen molar-refractivity contribution in [2.75, 3.05) is 20.1 Å². The van der Waals surface area contributed by atoms with Crippen molar-refractivity contribution < 1.29 is 0 Å². The molecule has 0 amide bonds. The molecule has 1 aromatic carbocycles. The summed E-state index contributed by atoms with van der Waals surface area (Å²) in [7, 11) is 2.14. The number of likely N-dealkylation sites (N-methyl/N-ethyl adjacent to an activating group) is 1. The second kappa shape index (κ2) is 7.78. The first kappa shape index (κ1) is 14.7. The standard InChI is InChI=1S/C17H23N3/c1-20(13-10-16-9-5-6-12-19-16)14-11-17(18)15-7-3-2-4-8-15/h2-9,12,17H,10-11,13-14,18H2,1H3. The van der Waals surface area contributed by atoms with Crippen LogP contribution in [-0.4, -0.2) is 30.0 Å². The monoisotopic (exact) mass is 269 g/mol. The van der Waals surface area contributed by atoms with Crippen LogP contribution in [0.15, 0.2) is 54.7 Å². The van der Waals surface area contributed by atoms with E-state index in [1.807, 2.05) is 36.5 Å². The third kappa shape index (κ3) is 4.76. The van der Waals surface area contributed by atoms with Crippen LogP contribution in [0, 0.1) is 0 Å². The smallest absolute Gasteiger partial charge is 0.0416 e. The Balaban J connectivity index is 1.71. The molecule has 0 aliphatic rings. The Labute approximate surface area is 121 Å². The van der Waals surface area contributed by atoms with Crippen LogP contribution in [0.3, 0.4) is 0 Å². The van der Waals surface area contributed by atoms with Gasteiger partial charge in [-0.05, 0) is 37.7 Å². The minimum Gasteiger partial charge on any atom is -0.324 e. The topological polar surface area (TPSA) is 42.2 Å². The zero-order valence-corrected chi connectivity index (χ0v) is 12.1. The van der Waals surface area contributed by atoms with E-state index in [1.54, 1.807) is 0 Å². The van der Waals surface area contributed by atoms with Gasteiger partial charge in [0.25, 0.3) is 0 Å². The van der Waals surface area contributed by atoms with Crippen LogP contribution >= 0.6 is 0 Å². The van der Waals surface area contributed by atoms with Gasteiger partial charge in [-0.15, -0.1) is 0 Å². The molecule has 0 aliphatic carbocycles. The molecular formula is C17H23N3. The molecule has 20 heavy (non-hydrogen) atoms. The van der Waals surface area contributed by atoms with Gasteiger partial charge in [0.15, 0.2) is 0 Å². The van der Waals surface area contributed by atoms with Crippen molar-refractivity contribution in [3.8, 4) is 0 Å². The molecule has 0 saturated heterocycles. The van der Waals surface area contributed by atoms with Crippen LogP contribution in [-0.2, 0) is 6.42 Å². The first-order chi connectivity index (χ1) is 9.75. The number of nitrogens with two attached hydrogens (primary N) is 1. The number of pyridine rings is 1. The molecule has 1 unspecified atom stereocenters. The quantitative estimate of drug-likeness (QED) is 0.840. The summed E-state index contributed by atoms with van der Waals surface area (Å²) in [5.41, 5.74) is 8.57. The number of hydrogen-bond acceptors (Lipinski definition) is 3. The second-order valence-corrected chi connectivity index (χ2v) is 5.18. The lowest BCUT2D eigenvalue weighted by molar-refractivity contribution is 0.321. The summed E-state index contributed by atoms with van der Waals surface area (Å²) in [5.74, 6) is 0. The molecule has 2 N–H and O–H groups in total. The molecule has 0 bridgehead atoms. The molecular weight excluding hydrogens is 246 g/mol. The van der Waals surface area contributed by atoms with Crippen molar-refractivity contribution in [1.82, 2.24) is 9.88 Å². The average Bonchev–Trinajstić information content (AvgIpc) is 2.52. The van der Waals surface area contributed by atoms with E-state index in [0.717, 1.165) is 31.6 Å². The summed E-state index contributed by atoms with van der Waals surface area (Å²) in [6.07, 6.45) is 3.81. The molecule has 1 atom stereocenters. The first-order valence-electron chi connectivity index (χ1n) is 7.14. The Morgan fingerprint density at radius 1 is 1.05 bits per heavy atom. The van der Waals surface area contributed by atoms with E-state index in [9.17, 15) is 0 Å². The molecule has 1 heterocycles. The molecule has 0 saturated carbocycles. The molecule has 0 fully saturated rings. The summed E-state index contributed by atoms with van der Waals surface area (Å²) in [6, 6.07) is 16.5. The van der Waals surface area contributed by atoms with Crippen LogP contribution < -0.4 is 5.73 Å². The number of benzene rings is 1. The molecule has 0 spiro atoms. The molecule has 3 heteroatoms. The van der Waals surface area contributed by atoms with E-state index in [-0.39, 0.29) is 6.04 Å². The van der Waals surface area contributed by atoms with E-state index in [4.69, 9.17) is 5.73 Å². The molecule has 1 aromatic heterocycles. The van der Waals surface area contributed by atoms with Gasteiger partial charge < -0.3 is 10.6 Å². The third-order valence-corrected chi connectivity index (χ3v) is 3.53. The fourth-order valence-electron chi connectivity index (χ4n) is 2.19. The van der Waals surface area contributed by atoms with Crippen molar-refractivity contribution in [3.63, 3.8) is 0 Å². The zero-order valence-electron chi connectivity index (χ0n) is 12.1. The fraction of sp³-hybridized carbons (Fsp3) is 0.353. The van der Waals surface area contributed by atoms with Crippen LogP contribution in [0.1, 0.15) is 23.7 Å². The second-order valence-electron chi connectivity index (χ2n) is 5.18. The Morgan fingerprint density at radius 3 is 2.50 bits per heavy atom. The van der Waals surface area contributed by atoms with E-state index in [1.165, 1.54) is 5.56 Å². The highest BCUT2D eigenvalue weighted by Gasteiger charge is 2.07. The number of hydrogen-bond donors (Lipinski definition) is 1. The Bertz CT molecular complexity index is 484. The van der Waals surface area contributed by atoms with Gasteiger partial charge in [0, 0.05) is 30.9 Å². The number of rotatable bonds is 7. The van der Waals surface area contributed by atoms with Gasteiger partial charge in [0.1, 0.15) is 0 Å². The maximum atomic E-state index is 6.21. The lowest BCUT2D eigenvalue weighted by Crippen LogP contribution is -2.26. The van der Waals surface area contributed by atoms with Crippen LogP contribution in [0.4, 0.5) is 0 Å². The van der Waals surface area contributed by atoms with Crippen LogP contribution in [0.2, 0.25) is 0 Å². The molecule has 2 aromatic rings. The minimum absolute atomic E-state index is 0.119. The lowest BCUT2D eigenvalue weighted by atomic mass is 10.0. The van der Waals surface area contributed by atoms with E-state index in [0.29, 0.717) is 0 Å². The summed E-state index contributed by atoms with van der Waals surface area (Å²) in [6.45, 7) is 2.02. The van der Waals surface area contributed by atoms with E-state index < -0.39 is 0 Å². The lowest BCUT2D eigenvalue weighted by Gasteiger charge is -2.19. The predicted octanol–water partition coefficient (Wildman–Crippen LogP) is 2.65. The molecule has 2 rings (SSSR count). The highest BCUT2D eigenvalue weighted by molar-refractivity contribution is 5.18. The van der Waals surface area contributed by atoms with Gasteiger partial charge in [-0.1, -0.05) is 36.4 Å². The van der Waals surface area contributed by atoms with Gasteiger partial charge in [-0.2, -0.15) is 0 Å². The van der Waals surface area contributed by atoms with Crippen LogP contribution in [0.5, 0.6) is 0 Å². The van der Waals surface area contributed by atoms with Gasteiger partial charge in [0.05, 0.1) is 0 Å². The van der Waals surface area contributed by atoms with Gasteiger partial charge in [-0.25, -0.2) is 0 Å². The summed E-state index contributed by atoms with van der Waals surface area (Å²) in [5, 5.41) is 0. The van der Waals surface area contributed by atoms with Crippen molar-refractivity contribution in [2.24, 2.45) is 5.73 Å². The highest BCUT2D eigenvalue weighted by atomic mass is 15.1. The van der Waals surface area contributed by atoms with E-state index in [2.05, 4.69) is 35.1 Å². The van der Waals surface area contributed by atoms with Crippen LogP contribution in [0.25, 0.3) is 0 Å². The van der Waals surface area contributed by atoms with Crippen molar-refractivity contribution >= 4 is 0 Å². The van der Waals surface area contributed by atoms with Crippen molar-refractivity contribution in [2.45, 2.75) is 18.9 Å². The highest BCUT2D eigenvalue weighted by Crippen LogP contribution is 2.13. The maximum Gasteiger partial charge on any atom is 0.0416 e. The third-order valence-electron chi connectivity index (χ3n) is 3.53. The summed E-state index contributed by atoms with van der Waals surface area (Å²) >= 11 is 0. The van der Waals surface area contributed by atoms with Crippen molar-refractivity contribution in [1.29, 1.82) is 0 Å². The van der Waals surface area contributed by atoms with Gasteiger partial charge in [-0.3, -0.25) is 4.98 Å². The Kier molecular flexibility index (Phi) is 5.71. The molecule has 106 valence electrons. The summed E-state index contributed by atoms with van der Waals surface area (Å²) in [4.78, 5) is 6.66. The Morgan fingerprint density at radius 2 is 1.80 bits per heavy atom.